The van der Waals surface area contributed by atoms with Crippen LogP contribution in [0, 0.1) is 0 Å². The molecular formula is C18H20N2O3S. The first-order valence-corrected chi connectivity index (χ1v) is 9.57. The molecule has 0 aromatic heterocycles. The summed E-state index contributed by atoms with van der Waals surface area (Å²) in [6.45, 7) is 0.879. The Kier molecular flexibility index (Phi) is 3.73. The predicted octanol–water partition coefficient (Wildman–Crippen LogP) is 2.50. The van der Waals surface area contributed by atoms with Crippen LogP contribution in [-0.4, -0.2) is 28.1 Å². The van der Waals surface area contributed by atoms with Crippen molar-refractivity contribution >= 4 is 15.7 Å². The van der Waals surface area contributed by atoms with Gasteiger partial charge in [0.05, 0.1) is 12.0 Å². The molecule has 24 heavy (non-hydrogen) atoms. The summed E-state index contributed by atoms with van der Waals surface area (Å²) in [5, 5.41) is 3.42. The van der Waals surface area contributed by atoms with Crippen molar-refractivity contribution in [3.63, 3.8) is 0 Å². The third-order valence-corrected chi connectivity index (χ3v) is 6.37. The first-order valence-electron chi connectivity index (χ1n) is 8.09. The van der Waals surface area contributed by atoms with E-state index in [9.17, 15) is 8.42 Å². The summed E-state index contributed by atoms with van der Waals surface area (Å²) in [5.74, 6) is 0.916. The average molecular weight is 344 g/mol. The summed E-state index contributed by atoms with van der Waals surface area (Å²) < 4.78 is 33.4. The highest BCUT2D eigenvalue weighted by molar-refractivity contribution is 7.89. The molecule has 0 saturated heterocycles. The van der Waals surface area contributed by atoms with Crippen LogP contribution in [0.5, 0.6) is 5.75 Å². The minimum Gasteiger partial charge on any atom is -0.497 e. The smallest absolute Gasteiger partial charge is 0.240 e. The summed E-state index contributed by atoms with van der Waals surface area (Å²) in [6.07, 6.45) is 1.55. The minimum atomic E-state index is -3.56. The largest absolute Gasteiger partial charge is 0.497 e. The van der Waals surface area contributed by atoms with Gasteiger partial charge >= 0.3 is 0 Å². The van der Waals surface area contributed by atoms with Gasteiger partial charge in [-0.25, -0.2) is 13.1 Å². The maximum absolute atomic E-state index is 12.7. The van der Waals surface area contributed by atoms with Gasteiger partial charge in [0, 0.05) is 30.3 Å². The van der Waals surface area contributed by atoms with Gasteiger partial charge < -0.3 is 10.1 Å². The molecule has 0 radical (unpaired) electrons. The number of anilines is 1. The van der Waals surface area contributed by atoms with E-state index in [0.717, 1.165) is 19.4 Å². The highest BCUT2D eigenvalue weighted by atomic mass is 32.2. The number of methoxy groups -OCH3 is 1. The Balaban J connectivity index is 1.58. The Morgan fingerprint density at radius 3 is 2.88 bits per heavy atom. The van der Waals surface area contributed by atoms with Crippen LogP contribution in [-0.2, 0) is 16.4 Å². The zero-order valence-electron chi connectivity index (χ0n) is 13.5. The maximum atomic E-state index is 12.7. The topological polar surface area (TPSA) is 67.4 Å². The van der Waals surface area contributed by atoms with Crippen LogP contribution in [0.3, 0.4) is 0 Å². The van der Waals surface area contributed by atoms with Gasteiger partial charge in [-0.2, -0.15) is 0 Å². The first-order chi connectivity index (χ1) is 11.6. The van der Waals surface area contributed by atoms with Crippen LogP contribution in [0.25, 0.3) is 0 Å². The first kappa shape index (κ1) is 15.5. The van der Waals surface area contributed by atoms with E-state index in [1.165, 1.54) is 23.9 Å². The van der Waals surface area contributed by atoms with E-state index in [0.29, 0.717) is 11.7 Å². The molecule has 1 heterocycles. The number of nitrogens with one attached hydrogen (secondary N) is 2. The van der Waals surface area contributed by atoms with Gasteiger partial charge in [0.1, 0.15) is 5.75 Å². The van der Waals surface area contributed by atoms with E-state index >= 15 is 0 Å². The van der Waals surface area contributed by atoms with Crippen molar-refractivity contribution in [2.24, 2.45) is 0 Å². The molecule has 1 aliphatic carbocycles. The van der Waals surface area contributed by atoms with E-state index < -0.39 is 10.0 Å². The second-order valence-corrected chi connectivity index (χ2v) is 8.11. The lowest BCUT2D eigenvalue weighted by Gasteiger charge is -2.29. The molecule has 1 aliphatic heterocycles. The molecule has 0 spiro atoms. The highest BCUT2D eigenvalue weighted by Gasteiger charge is 2.34. The van der Waals surface area contributed by atoms with Gasteiger partial charge in [-0.15, -0.1) is 0 Å². The molecule has 2 aromatic carbocycles. The van der Waals surface area contributed by atoms with Crippen molar-refractivity contribution in [3.8, 4) is 5.75 Å². The molecule has 0 bridgehead atoms. The van der Waals surface area contributed by atoms with Crippen LogP contribution in [0.2, 0.25) is 0 Å². The number of benzene rings is 2. The van der Waals surface area contributed by atoms with Crippen molar-refractivity contribution in [3.05, 3.63) is 53.6 Å². The molecule has 6 heteroatoms. The Morgan fingerprint density at radius 2 is 2.04 bits per heavy atom. The molecule has 2 aliphatic rings. The van der Waals surface area contributed by atoms with E-state index in [4.69, 9.17) is 4.74 Å². The molecule has 2 unspecified atom stereocenters. The van der Waals surface area contributed by atoms with Crippen molar-refractivity contribution in [1.82, 2.24) is 4.72 Å². The van der Waals surface area contributed by atoms with Crippen LogP contribution < -0.4 is 14.8 Å². The van der Waals surface area contributed by atoms with Gasteiger partial charge in [-0.1, -0.05) is 18.2 Å². The van der Waals surface area contributed by atoms with E-state index in [1.54, 1.807) is 24.3 Å². The van der Waals surface area contributed by atoms with E-state index in [1.807, 2.05) is 6.07 Å². The van der Waals surface area contributed by atoms with Gasteiger partial charge in [-0.05, 0) is 42.2 Å². The SMILES string of the molecule is COc1cccc(S(=O)(=O)NC2Cc3cccc4c3C(CN4)C2)c1. The minimum absolute atomic E-state index is 0.0890. The van der Waals surface area contributed by atoms with E-state index in [-0.39, 0.29) is 10.9 Å². The second kappa shape index (κ2) is 5.79. The van der Waals surface area contributed by atoms with E-state index in [2.05, 4.69) is 22.2 Å². The number of ether oxygens (including phenoxy) is 1. The summed E-state index contributed by atoms with van der Waals surface area (Å²) >= 11 is 0. The third-order valence-electron chi connectivity index (χ3n) is 4.85. The maximum Gasteiger partial charge on any atom is 0.240 e. The molecule has 0 fully saturated rings. The molecule has 126 valence electrons. The fourth-order valence-electron chi connectivity index (χ4n) is 3.80. The zero-order valence-corrected chi connectivity index (χ0v) is 14.3. The zero-order chi connectivity index (χ0) is 16.7. The van der Waals surface area contributed by atoms with Crippen molar-refractivity contribution < 1.29 is 13.2 Å². The molecule has 0 saturated carbocycles. The Hall–Kier alpha value is -2.05. The fourth-order valence-corrected chi connectivity index (χ4v) is 5.08. The standard InChI is InChI=1S/C18H20N2O3S/c1-23-15-5-3-6-16(10-15)24(21,22)20-14-8-12-4-2-7-17-18(12)13(9-14)11-19-17/h2-7,10,13-14,19-20H,8-9,11H2,1H3. The van der Waals surface area contributed by atoms with Crippen molar-refractivity contribution in [2.75, 3.05) is 19.0 Å². The lowest BCUT2D eigenvalue weighted by Crippen LogP contribution is -2.40. The number of sulfonamides is 1. The molecule has 2 atom stereocenters. The summed E-state index contributed by atoms with van der Waals surface area (Å²) in [6, 6.07) is 12.7. The van der Waals surface area contributed by atoms with Crippen LogP contribution >= 0.6 is 0 Å². The second-order valence-electron chi connectivity index (χ2n) is 6.39. The Labute approximate surface area is 142 Å². The molecular weight excluding hydrogens is 324 g/mol. The Morgan fingerprint density at radius 1 is 1.21 bits per heavy atom. The third kappa shape index (κ3) is 2.65. The summed E-state index contributed by atoms with van der Waals surface area (Å²) in [5.41, 5.74) is 3.81. The predicted molar refractivity (Wildman–Crippen MR) is 93.1 cm³/mol. The van der Waals surface area contributed by atoms with Crippen molar-refractivity contribution in [1.29, 1.82) is 0 Å². The van der Waals surface area contributed by atoms with Crippen LogP contribution in [0.15, 0.2) is 47.4 Å². The van der Waals surface area contributed by atoms with Gasteiger partial charge in [0.15, 0.2) is 0 Å². The monoisotopic (exact) mass is 344 g/mol. The quantitative estimate of drug-likeness (QED) is 0.894. The van der Waals surface area contributed by atoms with Crippen molar-refractivity contribution in [2.45, 2.75) is 29.7 Å². The van der Waals surface area contributed by atoms with Gasteiger partial charge in [0.25, 0.3) is 0 Å². The molecule has 2 N–H and O–H groups in total. The molecule has 5 nitrogen and oxygen atoms in total. The van der Waals surface area contributed by atoms with Gasteiger partial charge in [-0.3, -0.25) is 0 Å². The molecule has 0 amide bonds. The van der Waals surface area contributed by atoms with Crippen LogP contribution in [0.1, 0.15) is 23.5 Å². The normalized spacial score (nSPS) is 21.9. The summed E-state index contributed by atoms with van der Waals surface area (Å²) in [7, 11) is -2.03. The lowest BCUT2D eigenvalue weighted by atomic mass is 9.82. The lowest BCUT2D eigenvalue weighted by molar-refractivity contribution is 0.413. The summed E-state index contributed by atoms with van der Waals surface area (Å²) in [4.78, 5) is 0.242. The van der Waals surface area contributed by atoms with Gasteiger partial charge in [0.2, 0.25) is 10.0 Å². The van der Waals surface area contributed by atoms with Crippen LogP contribution in [0.4, 0.5) is 5.69 Å². The fraction of sp³-hybridized carbons (Fsp3) is 0.333. The number of hydrogen-bond acceptors (Lipinski definition) is 4. The molecule has 4 rings (SSSR count). The average Bonchev–Trinajstić information content (AvgIpc) is 2.99. The Bertz CT molecular complexity index is 880. The molecule has 2 aromatic rings. The highest BCUT2D eigenvalue weighted by Crippen LogP contribution is 2.41. The number of rotatable bonds is 4. The number of hydrogen-bond donors (Lipinski definition) is 2.